The molecule has 0 aliphatic rings. The van der Waals surface area contributed by atoms with Crippen LogP contribution in [-0.2, 0) is 17.6 Å². The quantitative estimate of drug-likeness (QED) is 0.643. The standard InChI is InChI=1S/C8H7F3N2O3/c9-8(10,11)6-2-1-5(4-16-12)7(3-6)13(14)15/h1-3H,4,12H2. The highest BCUT2D eigenvalue weighted by molar-refractivity contribution is 5.43. The number of hydrogen-bond donors (Lipinski definition) is 1. The molecule has 1 rings (SSSR count). The molecule has 0 atom stereocenters. The van der Waals surface area contributed by atoms with Gasteiger partial charge in [0.05, 0.1) is 22.7 Å². The van der Waals surface area contributed by atoms with Crippen LogP contribution in [0.1, 0.15) is 11.1 Å². The lowest BCUT2D eigenvalue weighted by Crippen LogP contribution is -2.08. The minimum absolute atomic E-state index is 0.0134. The minimum atomic E-state index is -4.62. The molecule has 2 N–H and O–H groups in total. The first kappa shape index (κ1) is 12.4. The van der Waals surface area contributed by atoms with Crippen LogP contribution in [0.25, 0.3) is 0 Å². The topological polar surface area (TPSA) is 78.4 Å². The lowest BCUT2D eigenvalue weighted by molar-refractivity contribution is -0.386. The summed E-state index contributed by atoms with van der Waals surface area (Å²) in [6.07, 6.45) is -4.62. The van der Waals surface area contributed by atoms with Gasteiger partial charge in [0, 0.05) is 6.07 Å². The van der Waals surface area contributed by atoms with Gasteiger partial charge in [-0.1, -0.05) is 0 Å². The summed E-state index contributed by atoms with van der Waals surface area (Å²) in [6.45, 7) is -0.325. The molecule has 0 fully saturated rings. The molecule has 0 saturated carbocycles. The maximum Gasteiger partial charge on any atom is 0.416 e. The Bertz CT molecular complexity index is 406. The van der Waals surface area contributed by atoms with Crippen LogP contribution in [0.5, 0.6) is 0 Å². The second kappa shape index (κ2) is 4.45. The Balaban J connectivity index is 3.23. The molecule has 0 radical (unpaired) electrons. The highest BCUT2D eigenvalue weighted by Crippen LogP contribution is 2.33. The molecule has 1 aromatic carbocycles. The largest absolute Gasteiger partial charge is 0.416 e. The number of nitrogens with two attached hydrogens (primary N) is 1. The SMILES string of the molecule is NOCc1ccc(C(F)(F)F)cc1[N+](=O)[O-]. The number of nitro benzene ring substituents is 1. The van der Waals surface area contributed by atoms with E-state index in [1.54, 1.807) is 0 Å². The van der Waals surface area contributed by atoms with Gasteiger partial charge < -0.3 is 0 Å². The van der Waals surface area contributed by atoms with E-state index in [-0.39, 0.29) is 12.2 Å². The molecule has 0 aliphatic carbocycles. The van der Waals surface area contributed by atoms with E-state index >= 15 is 0 Å². The average molecular weight is 236 g/mol. The van der Waals surface area contributed by atoms with Gasteiger partial charge >= 0.3 is 6.18 Å². The molecule has 0 aromatic heterocycles. The van der Waals surface area contributed by atoms with E-state index in [0.29, 0.717) is 6.07 Å². The summed E-state index contributed by atoms with van der Waals surface area (Å²) in [5.41, 5.74) is -1.76. The maximum absolute atomic E-state index is 12.3. The van der Waals surface area contributed by atoms with Gasteiger partial charge in [-0.2, -0.15) is 13.2 Å². The first-order valence-corrected chi connectivity index (χ1v) is 4.02. The fourth-order valence-corrected chi connectivity index (χ4v) is 1.12. The molecule has 16 heavy (non-hydrogen) atoms. The number of alkyl halides is 3. The van der Waals surface area contributed by atoms with Gasteiger partial charge in [-0.3, -0.25) is 15.0 Å². The number of benzene rings is 1. The molecular weight excluding hydrogens is 229 g/mol. The van der Waals surface area contributed by atoms with Gasteiger partial charge in [0.25, 0.3) is 5.69 Å². The van der Waals surface area contributed by atoms with Crippen molar-refractivity contribution in [1.82, 2.24) is 0 Å². The molecular formula is C8H7F3N2O3. The molecule has 0 saturated heterocycles. The summed E-state index contributed by atoms with van der Waals surface area (Å²) in [6, 6.07) is 2.16. The second-order valence-corrected chi connectivity index (χ2v) is 2.91. The number of nitro groups is 1. The van der Waals surface area contributed by atoms with Crippen LogP contribution < -0.4 is 5.90 Å². The molecule has 0 heterocycles. The van der Waals surface area contributed by atoms with Gasteiger partial charge in [-0.25, -0.2) is 5.90 Å². The smallest absolute Gasteiger partial charge is 0.300 e. The number of halogens is 3. The lowest BCUT2D eigenvalue weighted by Gasteiger charge is -2.08. The highest BCUT2D eigenvalue weighted by atomic mass is 19.4. The van der Waals surface area contributed by atoms with Crippen molar-refractivity contribution in [2.45, 2.75) is 12.8 Å². The normalized spacial score (nSPS) is 11.5. The van der Waals surface area contributed by atoms with Crippen LogP contribution in [0, 0.1) is 10.1 Å². The van der Waals surface area contributed by atoms with Crippen molar-refractivity contribution in [3.8, 4) is 0 Å². The Labute approximate surface area is 87.7 Å². The molecule has 0 aliphatic heterocycles. The average Bonchev–Trinajstić information content (AvgIpc) is 2.16. The summed E-state index contributed by atoms with van der Waals surface area (Å²) in [5.74, 6) is 4.71. The summed E-state index contributed by atoms with van der Waals surface area (Å²) in [5, 5.41) is 10.5. The molecule has 88 valence electrons. The van der Waals surface area contributed by atoms with E-state index in [9.17, 15) is 23.3 Å². The van der Waals surface area contributed by atoms with Gasteiger partial charge in [0.1, 0.15) is 0 Å². The van der Waals surface area contributed by atoms with E-state index < -0.39 is 22.4 Å². The summed E-state index contributed by atoms with van der Waals surface area (Å²) < 4.78 is 36.8. The Hall–Kier alpha value is -1.67. The van der Waals surface area contributed by atoms with E-state index in [4.69, 9.17) is 5.90 Å². The van der Waals surface area contributed by atoms with E-state index in [0.717, 1.165) is 12.1 Å². The zero-order valence-corrected chi connectivity index (χ0v) is 7.82. The van der Waals surface area contributed by atoms with Crippen LogP contribution in [0.2, 0.25) is 0 Å². The van der Waals surface area contributed by atoms with Crippen molar-refractivity contribution >= 4 is 5.69 Å². The zero-order valence-electron chi connectivity index (χ0n) is 7.82. The molecule has 0 bridgehead atoms. The first-order chi connectivity index (χ1) is 7.36. The molecule has 8 heteroatoms. The van der Waals surface area contributed by atoms with Crippen LogP contribution in [0.3, 0.4) is 0 Å². The third-order valence-corrected chi connectivity index (χ3v) is 1.85. The second-order valence-electron chi connectivity index (χ2n) is 2.91. The molecule has 0 spiro atoms. The van der Waals surface area contributed by atoms with Crippen molar-refractivity contribution in [1.29, 1.82) is 0 Å². The maximum atomic E-state index is 12.3. The molecule has 1 aromatic rings. The monoisotopic (exact) mass is 236 g/mol. The Morgan fingerprint density at radius 3 is 2.50 bits per heavy atom. The summed E-state index contributed by atoms with van der Waals surface area (Å²) >= 11 is 0. The van der Waals surface area contributed by atoms with Gasteiger partial charge in [-0.05, 0) is 12.1 Å². The van der Waals surface area contributed by atoms with Gasteiger partial charge in [0.2, 0.25) is 0 Å². The molecule has 0 unspecified atom stereocenters. The fraction of sp³-hybridized carbons (Fsp3) is 0.250. The van der Waals surface area contributed by atoms with E-state index in [1.807, 2.05) is 0 Å². The third-order valence-electron chi connectivity index (χ3n) is 1.85. The van der Waals surface area contributed by atoms with Crippen LogP contribution >= 0.6 is 0 Å². The highest BCUT2D eigenvalue weighted by Gasteiger charge is 2.32. The number of hydrogen-bond acceptors (Lipinski definition) is 4. The predicted octanol–water partition coefficient (Wildman–Crippen LogP) is 2.00. The minimum Gasteiger partial charge on any atom is -0.300 e. The van der Waals surface area contributed by atoms with E-state index in [2.05, 4.69) is 4.84 Å². The Morgan fingerprint density at radius 2 is 2.06 bits per heavy atom. The molecule has 0 amide bonds. The lowest BCUT2D eigenvalue weighted by atomic mass is 10.1. The van der Waals surface area contributed by atoms with Crippen LogP contribution in [-0.4, -0.2) is 4.92 Å². The van der Waals surface area contributed by atoms with Crippen molar-refractivity contribution in [2.75, 3.05) is 0 Å². The predicted molar refractivity (Wildman–Crippen MR) is 47.1 cm³/mol. The summed E-state index contributed by atoms with van der Waals surface area (Å²) in [7, 11) is 0. The summed E-state index contributed by atoms with van der Waals surface area (Å²) in [4.78, 5) is 13.8. The Kier molecular flexibility index (Phi) is 3.45. The first-order valence-electron chi connectivity index (χ1n) is 4.02. The molecule has 5 nitrogen and oxygen atoms in total. The fourth-order valence-electron chi connectivity index (χ4n) is 1.12. The number of rotatable bonds is 3. The van der Waals surface area contributed by atoms with Gasteiger partial charge in [0.15, 0.2) is 0 Å². The zero-order chi connectivity index (χ0) is 12.3. The van der Waals surface area contributed by atoms with Gasteiger partial charge in [-0.15, -0.1) is 0 Å². The van der Waals surface area contributed by atoms with Crippen LogP contribution in [0.15, 0.2) is 18.2 Å². The van der Waals surface area contributed by atoms with Crippen molar-refractivity contribution in [3.63, 3.8) is 0 Å². The Morgan fingerprint density at radius 1 is 1.44 bits per heavy atom. The number of nitrogens with zero attached hydrogens (tertiary/aromatic N) is 1. The van der Waals surface area contributed by atoms with Crippen molar-refractivity contribution < 1.29 is 22.9 Å². The third kappa shape index (κ3) is 2.67. The van der Waals surface area contributed by atoms with Crippen molar-refractivity contribution in [2.24, 2.45) is 5.90 Å². The van der Waals surface area contributed by atoms with Crippen LogP contribution in [0.4, 0.5) is 18.9 Å². The van der Waals surface area contributed by atoms with Crippen molar-refractivity contribution in [3.05, 3.63) is 39.4 Å². The van der Waals surface area contributed by atoms with E-state index in [1.165, 1.54) is 0 Å².